The Bertz CT molecular complexity index is 375. The maximum atomic E-state index is 11.1. The Morgan fingerprint density at radius 1 is 1.32 bits per heavy atom. The average Bonchev–Trinajstić information content (AvgIpc) is 2.28. The van der Waals surface area contributed by atoms with Crippen molar-refractivity contribution in [2.45, 2.75) is 18.9 Å². The van der Waals surface area contributed by atoms with Gasteiger partial charge in [0.25, 0.3) is 0 Å². The summed E-state index contributed by atoms with van der Waals surface area (Å²) in [4.78, 5) is 11.1. The SMILES string of the molecule is CCC(=O)C[S+]1CCSCC1.O=S(=O)([O-])C(F)(F)F. The van der Waals surface area contributed by atoms with Crippen LogP contribution in [0.4, 0.5) is 13.2 Å². The lowest BCUT2D eigenvalue weighted by Crippen LogP contribution is -2.27. The van der Waals surface area contributed by atoms with Crippen LogP contribution in [-0.4, -0.2) is 53.0 Å². The number of alkyl halides is 3. The van der Waals surface area contributed by atoms with Crippen LogP contribution in [-0.2, 0) is 25.8 Å². The summed E-state index contributed by atoms with van der Waals surface area (Å²) in [6.07, 6.45) is 0.733. The number of carbonyl (C=O) groups excluding carboxylic acids is 1. The van der Waals surface area contributed by atoms with Crippen molar-refractivity contribution in [1.82, 2.24) is 0 Å². The van der Waals surface area contributed by atoms with Gasteiger partial charge in [-0.15, -0.1) is 0 Å². The van der Waals surface area contributed by atoms with E-state index in [1.165, 1.54) is 23.0 Å². The minimum Gasteiger partial charge on any atom is -0.741 e. The molecule has 1 heterocycles. The van der Waals surface area contributed by atoms with Crippen molar-refractivity contribution in [1.29, 1.82) is 0 Å². The first-order chi connectivity index (χ1) is 8.58. The van der Waals surface area contributed by atoms with Crippen LogP contribution < -0.4 is 0 Å². The molecular formula is C9H15F3O4S3. The van der Waals surface area contributed by atoms with Crippen LogP contribution in [0.15, 0.2) is 0 Å². The molecule has 1 rings (SSSR count). The zero-order valence-corrected chi connectivity index (χ0v) is 12.7. The first-order valence-corrected chi connectivity index (χ1v) is 9.63. The van der Waals surface area contributed by atoms with Crippen LogP contribution in [0.3, 0.4) is 0 Å². The molecule has 0 N–H and O–H groups in total. The molecule has 0 aromatic carbocycles. The largest absolute Gasteiger partial charge is 0.741 e. The van der Waals surface area contributed by atoms with E-state index in [0.717, 1.165) is 12.2 Å². The van der Waals surface area contributed by atoms with Gasteiger partial charge in [0.15, 0.2) is 21.7 Å². The Morgan fingerprint density at radius 3 is 2.05 bits per heavy atom. The summed E-state index contributed by atoms with van der Waals surface area (Å²) in [5, 5.41) is 0. The summed E-state index contributed by atoms with van der Waals surface area (Å²) < 4.78 is 58.9. The van der Waals surface area contributed by atoms with E-state index in [1.807, 2.05) is 18.7 Å². The number of Topliss-reactive ketones (excluding diaryl/α,β-unsaturated/α-hetero) is 1. The molecule has 4 nitrogen and oxygen atoms in total. The molecule has 10 heteroatoms. The van der Waals surface area contributed by atoms with E-state index >= 15 is 0 Å². The van der Waals surface area contributed by atoms with Gasteiger partial charge in [-0.25, -0.2) is 8.42 Å². The monoisotopic (exact) mass is 340 g/mol. The smallest absolute Gasteiger partial charge is 0.485 e. The second-order valence-electron chi connectivity index (χ2n) is 3.57. The van der Waals surface area contributed by atoms with Gasteiger partial charge in [-0.1, -0.05) is 6.92 Å². The zero-order valence-electron chi connectivity index (χ0n) is 10.2. The van der Waals surface area contributed by atoms with Crippen molar-refractivity contribution in [2.24, 2.45) is 0 Å². The van der Waals surface area contributed by atoms with Crippen molar-refractivity contribution in [3.05, 3.63) is 0 Å². The number of halogens is 3. The molecule has 0 aliphatic carbocycles. The van der Waals surface area contributed by atoms with Gasteiger partial charge in [0.2, 0.25) is 0 Å². The van der Waals surface area contributed by atoms with Gasteiger partial charge < -0.3 is 4.55 Å². The summed E-state index contributed by atoms with van der Waals surface area (Å²) in [6.45, 7) is 1.96. The minimum atomic E-state index is -6.09. The fourth-order valence-electron chi connectivity index (χ4n) is 1.03. The maximum Gasteiger partial charge on any atom is 0.485 e. The van der Waals surface area contributed by atoms with E-state index in [0.29, 0.717) is 16.7 Å². The van der Waals surface area contributed by atoms with Crippen molar-refractivity contribution >= 4 is 38.6 Å². The number of hydrogen-bond donors (Lipinski definition) is 0. The molecule has 0 saturated carbocycles. The van der Waals surface area contributed by atoms with Gasteiger partial charge in [0.1, 0.15) is 11.5 Å². The molecule has 0 amide bonds. The second kappa shape index (κ2) is 8.38. The molecule has 114 valence electrons. The highest BCUT2D eigenvalue weighted by Crippen LogP contribution is 2.20. The molecule has 0 bridgehead atoms. The lowest BCUT2D eigenvalue weighted by atomic mass is 10.4. The fourth-order valence-corrected chi connectivity index (χ4v) is 5.22. The fraction of sp³-hybridized carbons (Fsp3) is 0.889. The summed E-state index contributed by atoms with van der Waals surface area (Å²) in [5.74, 6) is 6.46. The van der Waals surface area contributed by atoms with Gasteiger partial charge in [-0.2, -0.15) is 24.9 Å². The van der Waals surface area contributed by atoms with Crippen LogP contribution in [0.5, 0.6) is 0 Å². The highest BCUT2D eigenvalue weighted by Gasteiger charge is 2.36. The van der Waals surface area contributed by atoms with E-state index in [9.17, 15) is 18.0 Å². The van der Waals surface area contributed by atoms with Gasteiger partial charge in [0.05, 0.1) is 0 Å². The molecule has 0 atom stereocenters. The topological polar surface area (TPSA) is 74.3 Å². The van der Waals surface area contributed by atoms with Gasteiger partial charge in [-0.05, 0) is 10.9 Å². The van der Waals surface area contributed by atoms with Crippen LogP contribution in [0.25, 0.3) is 0 Å². The van der Waals surface area contributed by atoms with E-state index in [4.69, 9.17) is 13.0 Å². The Labute approximate surface area is 117 Å². The summed E-state index contributed by atoms with van der Waals surface area (Å²) in [6, 6.07) is 0. The number of hydrogen-bond acceptors (Lipinski definition) is 5. The third kappa shape index (κ3) is 8.77. The summed E-state index contributed by atoms with van der Waals surface area (Å²) in [5.41, 5.74) is -5.65. The van der Waals surface area contributed by atoms with Crippen molar-refractivity contribution < 1.29 is 30.9 Å². The van der Waals surface area contributed by atoms with Gasteiger partial charge >= 0.3 is 5.51 Å². The van der Waals surface area contributed by atoms with E-state index < -0.39 is 15.6 Å². The summed E-state index contributed by atoms with van der Waals surface area (Å²) >= 11 is 2.03. The molecule has 1 fully saturated rings. The van der Waals surface area contributed by atoms with E-state index in [1.54, 1.807) is 0 Å². The lowest BCUT2D eigenvalue weighted by molar-refractivity contribution is -0.116. The first kappa shape index (κ1) is 19.1. The van der Waals surface area contributed by atoms with E-state index in [-0.39, 0.29) is 0 Å². The van der Waals surface area contributed by atoms with E-state index in [2.05, 4.69) is 0 Å². The maximum absolute atomic E-state index is 11.1. The highest BCUT2D eigenvalue weighted by atomic mass is 32.2. The minimum absolute atomic E-state index is 0.455. The standard InChI is InChI=1S/C8H15OS2.CHF3O3S/c1-2-8(9)7-11-5-3-10-4-6-11;2-1(3,4)8(5,6)7/h2-7H2,1H3;(H,5,6,7)/q+1;/p-1. The van der Waals surface area contributed by atoms with Crippen LogP contribution >= 0.6 is 11.8 Å². The Balaban J connectivity index is 0.000000362. The van der Waals surface area contributed by atoms with Gasteiger partial charge in [-0.3, -0.25) is 4.79 Å². The third-order valence-corrected chi connectivity index (χ3v) is 6.44. The van der Waals surface area contributed by atoms with Crippen LogP contribution in [0.2, 0.25) is 0 Å². The molecule has 1 aliphatic rings. The normalized spacial score (nSPS) is 17.5. The Hall–Kier alpha value is 0.0700. The quantitative estimate of drug-likeness (QED) is 0.441. The second-order valence-corrected chi connectivity index (χ2v) is 8.50. The molecule has 19 heavy (non-hydrogen) atoms. The molecule has 1 saturated heterocycles. The van der Waals surface area contributed by atoms with Crippen LogP contribution in [0.1, 0.15) is 13.3 Å². The Kier molecular flexibility index (Phi) is 8.41. The molecule has 0 radical (unpaired) electrons. The molecule has 1 aliphatic heterocycles. The average molecular weight is 340 g/mol. The third-order valence-electron chi connectivity index (χ3n) is 2.08. The highest BCUT2D eigenvalue weighted by molar-refractivity contribution is 8.05. The Morgan fingerprint density at radius 2 is 1.74 bits per heavy atom. The molecule has 0 aromatic heterocycles. The number of rotatable bonds is 3. The number of thioether (sulfide) groups is 1. The van der Waals surface area contributed by atoms with Crippen molar-refractivity contribution in [3.8, 4) is 0 Å². The summed E-state index contributed by atoms with van der Waals surface area (Å²) in [7, 11) is -5.64. The molecule has 0 aromatic rings. The number of ketones is 1. The first-order valence-electron chi connectivity index (χ1n) is 5.33. The predicted octanol–water partition coefficient (Wildman–Crippen LogP) is 1.38. The zero-order chi connectivity index (χ0) is 15.1. The van der Waals surface area contributed by atoms with Crippen molar-refractivity contribution in [3.63, 3.8) is 0 Å². The number of carbonyl (C=O) groups is 1. The predicted molar refractivity (Wildman–Crippen MR) is 70.3 cm³/mol. The molecular weight excluding hydrogens is 325 g/mol. The molecule has 0 unspecified atom stereocenters. The lowest BCUT2D eigenvalue weighted by Gasteiger charge is -2.12. The van der Waals surface area contributed by atoms with Crippen molar-refractivity contribution in [2.75, 3.05) is 28.8 Å². The van der Waals surface area contributed by atoms with Crippen LogP contribution in [0, 0.1) is 0 Å². The molecule has 0 spiro atoms. The van der Waals surface area contributed by atoms with Gasteiger partial charge in [0, 0.05) is 17.9 Å².